The summed E-state index contributed by atoms with van der Waals surface area (Å²) in [6.45, 7) is -0.200. The molecule has 2 N–H and O–H groups in total. The van der Waals surface area contributed by atoms with Crippen LogP contribution in [0.3, 0.4) is 0 Å². The van der Waals surface area contributed by atoms with Crippen LogP contribution in [0, 0.1) is 0 Å². The lowest BCUT2D eigenvalue weighted by Crippen LogP contribution is -2.30. The van der Waals surface area contributed by atoms with Crippen LogP contribution in [0.2, 0.25) is 0 Å². The predicted molar refractivity (Wildman–Crippen MR) is 103 cm³/mol. The molecule has 0 atom stereocenters. The third-order valence-electron chi connectivity index (χ3n) is 3.31. The lowest BCUT2D eigenvalue weighted by Gasteiger charge is -2.06. The zero-order chi connectivity index (χ0) is 18.9. The third-order valence-corrected chi connectivity index (χ3v) is 3.80. The highest BCUT2D eigenvalue weighted by Crippen LogP contribution is 2.13. The number of hydrogen-bond acceptors (Lipinski definition) is 4. The predicted octanol–water partition coefficient (Wildman–Crippen LogP) is 3.00. The molecule has 0 saturated heterocycles. The lowest BCUT2D eigenvalue weighted by molar-refractivity contribution is -0.139. The van der Waals surface area contributed by atoms with Gasteiger partial charge in [-0.25, -0.2) is 0 Å². The van der Waals surface area contributed by atoms with Crippen molar-refractivity contribution in [3.8, 4) is 0 Å². The van der Waals surface area contributed by atoms with Crippen molar-refractivity contribution in [2.24, 2.45) is 0 Å². The second-order valence-electron chi connectivity index (χ2n) is 5.21. The lowest BCUT2D eigenvalue weighted by atomic mass is 10.2. The molecule has 0 aliphatic heterocycles. The Morgan fingerprint density at radius 3 is 2.50 bits per heavy atom. The maximum absolute atomic E-state index is 12.0. The first-order valence-electron chi connectivity index (χ1n) is 7.67. The molecule has 2 rings (SSSR count). The number of anilines is 1. The van der Waals surface area contributed by atoms with Crippen molar-refractivity contribution in [1.82, 2.24) is 5.32 Å². The van der Waals surface area contributed by atoms with Gasteiger partial charge in [0.1, 0.15) is 6.54 Å². The second-order valence-corrected chi connectivity index (χ2v) is 6.13. The molecule has 0 bridgehead atoms. The SMILES string of the molecule is COC(=O)CNC(=O)c1ccc(NC(=O)/C=C/c2cccc(Br)c2)cc1. The molecule has 2 aromatic rings. The van der Waals surface area contributed by atoms with E-state index < -0.39 is 11.9 Å². The molecule has 0 unspecified atom stereocenters. The first-order chi connectivity index (χ1) is 12.5. The topological polar surface area (TPSA) is 84.5 Å². The van der Waals surface area contributed by atoms with E-state index in [1.807, 2.05) is 24.3 Å². The number of carbonyl (C=O) groups excluding carboxylic acids is 3. The van der Waals surface area contributed by atoms with Crippen LogP contribution < -0.4 is 10.6 Å². The minimum atomic E-state index is -0.528. The Morgan fingerprint density at radius 1 is 1.12 bits per heavy atom. The number of ether oxygens (including phenoxy) is 1. The average Bonchev–Trinajstić information content (AvgIpc) is 2.65. The molecule has 0 fully saturated rings. The van der Waals surface area contributed by atoms with Crippen LogP contribution in [-0.4, -0.2) is 31.4 Å². The summed E-state index contributed by atoms with van der Waals surface area (Å²) in [5, 5.41) is 5.15. The number of carbonyl (C=O) groups is 3. The molecule has 0 aliphatic carbocycles. The summed E-state index contributed by atoms with van der Waals surface area (Å²) >= 11 is 3.37. The summed E-state index contributed by atoms with van der Waals surface area (Å²) in [4.78, 5) is 34.8. The zero-order valence-corrected chi connectivity index (χ0v) is 15.6. The Bertz CT molecular complexity index is 832. The van der Waals surface area contributed by atoms with E-state index >= 15 is 0 Å². The largest absolute Gasteiger partial charge is 0.468 e. The van der Waals surface area contributed by atoms with Gasteiger partial charge >= 0.3 is 5.97 Å². The van der Waals surface area contributed by atoms with Crippen LogP contribution >= 0.6 is 15.9 Å². The Labute approximate surface area is 159 Å². The van der Waals surface area contributed by atoms with Crippen molar-refractivity contribution in [3.05, 3.63) is 70.2 Å². The standard InChI is InChI=1S/C19H17BrN2O4/c1-26-18(24)12-21-19(25)14-6-8-16(9-7-14)22-17(23)10-5-13-3-2-4-15(20)11-13/h2-11H,12H2,1H3,(H,21,25)(H,22,23)/b10-5+. The quantitative estimate of drug-likeness (QED) is 0.559. The molecule has 0 spiro atoms. The van der Waals surface area contributed by atoms with Crippen molar-refractivity contribution in [2.45, 2.75) is 0 Å². The molecule has 0 aromatic heterocycles. The molecular formula is C19H17BrN2O4. The van der Waals surface area contributed by atoms with E-state index in [-0.39, 0.29) is 12.5 Å². The monoisotopic (exact) mass is 416 g/mol. The summed E-state index contributed by atoms with van der Waals surface area (Å²) in [5.74, 6) is -1.21. The van der Waals surface area contributed by atoms with Crippen LogP contribution in [-0.2, 0) is 14.3 Å². The van der Waals surface area contributed by atoms with Gasteiger partial charge in [-0.1, -0.05) is 28.1 Å². The van der Waals surface area contributed by atoms with Crippen LogP contribution in [0.25, 0.3) is 6.08 Å². The van der Waals surface area contributed by atoms with Gasteiger partial charge in [-0.05, 0) is 48.0 Å². The van der Waals surface area contributed by atoms with Gasteiger partial charge < -0.3 is 15.4 Å². The molecule has 0 heterocycles. The molecule has 7 heteroatoms. The number of rotatable bonds is 6. The number of benzene rings is 2. The van der Waals surface area contributed by atoms with Gasteiger partial charge in [0.2, 0.25) is 5.91 Å². The first-order valence-corrected chi connectivity index (χ1v) is 8.47. The fourth-order valence-electron chi connectivity index (χ4n) is 2.00. The molecule has 134 valence electrons. The van der Waals surface area contributed by atoms with Gasteiger partial charge in [0.05, 0.1) is 7.11 Å². The highest BCUT2D eigenvalue weighted by Gasteiger charge is 2.08. The highest BCUT2D eigenvalue weighted by atomic mass is 79.9. The van der Waals surface area contributed by atoms with Gasteiger partial charge in [-0.3, -0.25) is 14.4 Å². The Hall–Kier alpha value is -2.93. The van der Waals surface area contributed by atoms with E-state index in [0.717, 1.165) is 10.0 Å². The Balaban J connectivity index is 1.91. The molecule has 6 nitrogen and oxygen atoms in total. The minimum absolute atomic E-state index is 0.200. The fourth-order valence-corrected chi connectivity index (χ4v) is 2.41. The van der Waals surface area contributed by atoms with Gasteiger partial charge in [0.15, 0.2) is 0 Å². The molecule has 2 amide bonds. The fraction of sp³-hybridized carbons (Fsp3) is 0.105. The highest BCUT2D eigenvalue weighted by molar-refractivity contribution is 9.10. The second kappa shape index (κ2) is 9.53. The summed E-state index contributed by atoms with van der Waals surface area (Å²) in [5.41, 5.74) is 1.82. The number of amides is 2. The van der Waals surface area contributed by atoms with Crippen molar-refractivity contribution >= 4 is 45.5 Å². The normalized spacial score (nSPS) is 10.4. The van der Waals surface area contributed by atoms with E-state index in [2.05, 4.69) is 31.3 Å². The maximum Gasteiger partial charge on any atom is 0.325 e. The Kier molecular flexibility index (Phi) is 7.11. The molecular weight excluding hydrogens is 400 g/mol. The molecule has 2 aromatic carbocycles. The van der Waals surface area contributed by atoms with E-state index in [9.17, 15) is 14.4 Å². The van der Waals surface area contributed by atoms with E-state index in [4.69, 9.17) is 0 Å². The summed E-state index contributed by atoms with van der Waals surface area (Å²) in [7, 11) is 1.25. The van der Waals surface area contributed by atoms with Gasteiger partial charge in [-0.15, -0.1) is 0 Å². The van der Waals surface area contributed by atoms with E-state index in [0.29, 0.717) is 11.3 Å². The number of halogens is 1. The number of methoxy groups -OCH3 is 1. The van der Waals surface area contributed by atoms with Gasteiger partial charge in [0.25, 0.3) is 5.91 Å². The van der Waals surface area contributed by atoms with Crippen molar-refractivity contribution in [2.75, 3.05) is 19.0 Å². The number of nitrogens with one attached hydrogen (secondary N) is 2. The van der Waals surface area contributed by atoms with Crippen LogP contribution in [0.15, 0.2) is 59.1 Å². The molecule has 0 saturated carbocycles. The van der Waals surface area contributed by atoms with Crippen LogP contribution in [0.4, 0.5) is 5.69 Å². The zero-order valence-electron chi connectivity index (χ0n) is 14.0. The van der Waals surface area contributed by atoms with Gasteiger partial charge in [0, 0.05) is 21.8 Å². The average molecular weight is 417 g/mol. The smallest absolute Gasteiger partial charge is 0.325 e. The summed E-state index contributed by atoms with van der Waals surface area (Å²) < 4.78 is 5.38. The summed E-state index contributed by atoms with van der Waals surface area (Å²) in [6, 6.07) is 13.9. The van der Waals surface area contributed by atoms with Crippen LogP contribution in [0.5, 0.6) is 0 Å². The van der Waals surface area contributed by atoms with E-state index in [1.54, 1.807) is 30.3 Å². The third kappa shape index (κ3) is 6.18. The van der Waals surface area contributed by atoms with Crippen molar-refractivity contribution in [1.29, 1.82) is 0 Å². The molecule has 0 radical (unpaired) electrons. The maximum atomic E-state index is 12.0. The van der Waals surface area contributed by atoms with Crippen molar-refractivity contribution < 1.29 is 19.1 Å². The number of hydrogen-bond donors (Lipinski definition) is 2. The first kappa shape index (κ1) is 19.4. The summed E-state index contributed by atoms with van der Waals surface area (Å²) in [6.07, 6.45) is 3.13. The van der Waals surface area contributed by atoms with E-state index in [1.165, 1.54) is 13.2 Å². The molecule has 0 aliphatic rings. The Morgan fingerprint density at radius 2 is 1.85 bits per heavy atom. The number of esters is 1. The van der Waals surface area contributed by atoms with Crippen LogP contribution in [0.1, 0.15) is 15.9 Å². The molecule has 26 heavy (non-hydrogen) atoms. The minimum Gasteiger partial charge on any atom is -0.468 e. The van der Waals surface area contributed by atoms with Gasteiger partial charge in [-0.2, -0.15) is 0 Å². The van der Waals surface area contributed by atoms with Crippen molar-refractivity contribution in [3.63, 3.8) is 0 Å².